The van der Waals surface area contributed by atoms with Crippen molar-refractivity contribution in [3.63, 3.8) is 0 Å². The zero-order chi connectivity index (χ0) is 20.1. The number of hydrogen-bond acceptors (Lipinski definition) is 2. The van der Waals surface area contributed by atoms with Crippen LogP contribution in [0.1, 0.15) is 0 Å². The highest BCUT2D eigenvalue weighted by molar-refractivity contribution is 7.56. The van der Waals surface area contributed by atoms with E-state index in [4.69, 9.17) is 11.5 Å². The van der Waals surface area contributed by atoms with Crippen LogP contribution in [-0.4, -0.2) is 0 Å². The van der Waals surface area contributed by atoms with E-state index in [2.05, 4.69) is 72.8 Å². The maximum atomic E-state index is 5.77. The van der Waals surface area contributed by atoms with Crippen LogP contribution in [0.25, 0.3) is 0 Å². The van der Waals surface area contributed by atoms with Gasteiger partial charge in [0.05, 0.1) is 0 Å². The molecule has 0 saturated heterocycles. The molecule has 0 heterocycles. The molecule has 2 nitrogen and oxygen atoms in total. The molecular formula is C24H23N2P3. The van der Waals surface area contributed by atoms with Crippen molar-refractivity contribution in [2.75, 3.05) is 11.5 Å². The highest BCUT2D eigenvalue weighted by Crippen LogP contribution is 2.16. The van der Waals surface area contributed by atoms with Gasteiger partial charge in [-0.25, -0.2) is 0 Å². The summed E-state index contributed by atoms with van der Waals surface area (Å²) in [4.78, 5) is 0. The van der Waals surface area contributed by atoms with E-state index in [9.17, 15) is 0 Å². The number of rotatable bonds is 6. The zero-order valence-electron chi connectivity index (χ0n) is 15.9. The first-order valence-electron chi connectivity index (χ1n) is 9.36. The minimum absolute atomic E-state index is 0.661. The molecule has 4 rings (SSSR count). The van der Waals surface area contributed by atoms with E-state index in [0.29, 0.717) is 25.7 Å². The fraction of sp³-hybridized carbons (Fsp3) is 0. The van der Waals surface area contributed by atoms with Crippen LogP contribution in [0.4, 0.5) is 11.4 Å². The fourth-order valence-electron chi connectivity index (χ4n) is 2.91. The van der Waals surface area contributed by atoms with Crippen molar-refractivity contribution in [2.24, 2.45) is 0 Å². The number of nitrogens with two attached hydrogens (primary N) is 2. The predicted octanol–water partition coefficient (Wildman–Crippen LogP) is 2.74. The Balaban J connectivity index is 1.36. The maximum Gasteiger partial charge on any atom is 0.0314 e. The molecule has 0 saturated carbocycles. The van der Waals surface area contributed by atoms with Crippen molar-refractivity contribution < 1.29 is 0 Å². The topological polar surface area (TPSA) is 52.0 Å². The Labute approximate surface area is 177 Å². The van der Waals surface area contributed by atoms with Crippen molar-refractivity contribution in [3.8, 4) is 0 Å². The number of hydrogen-bond donors (Lipinski definition) is 2. The van der Waals surface area contributed by atoms with Gasteiger partial charge in [0.2, 0.25) is 0 Å². The van der Waals surface area contributed by atoms with E-state index in [1.54, 1.807) is 0 Å². The van der Waals surface area contributed by atoms with Crippen molar-refractivity contribution in [1.29, 1.82) is 0 Å². The molecule has 4 N–H and O–H groups in total. The molecule has 29 heavy (non-hydrogen) atoms. The largest absolute Gasteiger partial charge is 0.399 e. The molecule has 0 fully saturated rings. The third-order valence-electron chi connectivity index (χ3n) is 4.46. The molecule has 0 aliphatic rings. The summed E-state index contributed by atoms with van der Waals surface area (Å²) in [6.45, 7) is 0. The van der Waals surface area contributed by atoms with Gasteiger partial charge < -0.3 is 11.5 Å². The molecule has 0 spiro atoms. The van der Waals surface area contributed by atoms with Gasteiger partial charge in [-0.2, -0.15) is 0 Å². The lowest BCUT2D eigenvalue weighted by Crippen LogP contribution is -2.10. The van der Waals surface area contributed by atoms with Crippen LogP contribution < -0.4 is 43.3 Å². The van der Waals surface area contributed by atoms with Gasteiger partial charge >= 0.3 is 0 Å². The Morgan fingerprint density at radius 1 is 0.310 bits per heavy atom. The molecule has 0 radical (unpaired) electrons. The van der Waals surface area contributed by atoms with Gasteiger partial charge in [-0.3, -0.25) is 0 Å². The van der Waals surface area contributed by atoms with Gasteiger partial charge in [-0.15, -0.1) is 0 Å². The molecule has 0 aliphatic heterocycles. The second kappa shape index (κ2) is 9.51. The standard InChI is InChI=1S/C24H23N2P3/c25-17-1-5-19(6-2-17)27-21-9-13-23(14-10-21)29-24-15-11-22(12-16-24)28-20-7-3-18(26)4-8-20/h1-16,27-29H,25-26H2. The van der Waals surface area contributed by atoms with Gasteiger partial charge in [0.1, 0.15) is 0 Å². The summed E-state index contributed by atoms with van der Waals surface area (Å²) in [5.41, 5.74) is 13.2. The molecule has 0 aliphatic carbocycles. The van der Waals surface area contributed by atoms with Gasteiger partial charge in [0, 0.05) is 11.4 Å². The summed E-state index contributed by atoms with van der Waals surface area (Å²) in [5, 5.41) is 8.06. The first kappa shape index (κ1) is 20.1. The van der Waals surface area contributed by atoms with Gasteiger partial charge in [0.15, 0.2) is 0 Å². The van der Waals surface area contributed by atoms with E-state index < -0.39 is 0 Å². The smallest absolute Gasteiger partial charge is 0.0314 e. The van der Waals surface area contributed by atoms with E-state index in [1.807, 2.05) is 24.3 Å². The Bertz CT molecular complexity index is 970. The van der Waals surface area contributed by atoms with Crippen molar-refractivity contribution in [1.82, 2.24) is 0 Å². The summed E-state index contributed by atoms with van der Waals surface area (Å²) in [5.74, 6) is 0. The first-order valence-corrected chi connectivity index (χ1v) is 12.4. The Morgan fingerprint density at radius 3 is 0.690 bits per heavy atom. The molecule has 0 bridgehead atoms. The molecule has 4 aromatic carbocycles. The van der Waals surface area contributed by atoms with Gasteiger partial charge in [0.25, 0.3) is 0 Å². The monoisotopic (exact) mass is 432 g/mol. The SMILES string of the molecule is Nc1ccc(Pc2ccc(Pc3ccc(Pc4ccc(N)cc4)cc3)cc2)cc1. The zero-order valence-corrected chi connectivity index (χ0v) is 18.9. The number of nitrogen functional groups attached to an aromatic ring is 2. The molecule has 144 valence electrons. The third kappa shape index (κ3) is 5.88. The Morgan fingerprint density at radius 2 is 0.483 bits per heavy atom. The van der Waals surface area contributed by atoms with Crippen LogP contribution >= 0.6 is 25.7 Å². The Kier molecular flexibility index (Phi) is 6.58. The number of benzene rings is 4. The van der Waals surface area contributed by atoms with Crippen LogP contribution in [0.15, 0.2) is 97.1 Å². The van der Waals surface area contributed by atoms with Crippen LogP contribution in [0.3, 0.4) is 0 Å². The summed E-state index contributed by atoms with van der Waals surface area (Å²) in [7, 11) is 2.00. The predicted molar refractivity (Wildman–Crippen MR) is 137 cm³/mol. The lowest BCUT2D eigenvalue weighted by Gasteiger charge is -2.07. The number of anilines is 2. The summed E-state index contributed by atoms with van der Waals surface area (Å²) in [6, 6.07) is 34.3. The highest BCUT2D eigenvalue weighted by Gasteiger charge is 2.01. The first-order chi connectivity index (χ1) is 14.1. The molecule has 0 aromatic heterocycles. The highest BCUT2D eigenvalue weighted by atomic mass is 31.1. The molecule has 0 amide bonds. The molecular weight excluding hydrogens is 409 g/mol. The van der Waals surface area contributed by atoms with Crippen LogP contribution in [0, 0.1) is 0 Å². The van der Waals surface area contributed by atoms with E-state index in [1.165, 1.54) is 31.8 Å². The minimum Gasteiger partial charge on any atom is -0.399 e. The average Bonchev–Trinajstić information content (AvgIpc) is 2.74. The normalized spacial score (nSPS) is 12.0. The molecule has 5 heteroatoms. The lowest BCUT2D eigenvalue weighted by molar-refractivity contribution is 1.73. The molecule has 4 aromatic rings. The summed E-state index contributed by atoms with van der Waals surface area (Å²) >= 11 is 0. The fourth-order valence-corrected chi connectivity index (χ4v) is 5.91. The van der Waals surface area contributed by atoms with Crippen LogP contribution in [0.2, 0.25) is 0 Å². The molecule has 2 atom stereocenters. The van der Waals surface area contributed by atoms with E-state index in [0.717, 1.165) is 11.4 Å². The average molecular weight is 432 g/mol. The maximum absolute atomic E-state index is 5.77. The van der Waals surface area contributed by atoms with Crippen LogP contribution in [-0.2, 0) is 0 Å². The van der Waals surface area contributed by atoms with E-state index >= 15 is 0 Å². The second-order valence-electron chi connectivity index (χ2n) is 6.77. The second-order valence-corrected chi connectivity index (χ2v) is 11.0. The Hall–Kier alpha value is -2.23. The van der Waals surface area contributed by atoms with E-state index in [-0.39, 0.29) is 0 Å². The summed E-state index contributed by atoms with van der Waals surface area (Å²) in [6.07, 6.45) is 0. The van der Waals surface area contributed by atoms with Crippen LogP contribution in [0.5, 0.6) is 0 Å². The summed E-state index contributed by atoms with van der Waals surface area (Å²) < 4.78 is 0. The van der Waals surface area contributed by atoms with Crippen molar-refractivity contribution >= 4 is 68.9 Å². The van der Waals surface area contributed by atoms with Crippen molar-refractivity contribution in [2.45, 2.75) is 0 Å². The third-order valence-corrected chi connectivity index (χ3v) is 8.19. The van der Waals surface area contributed by atoms with Gasteiger partial charge in [-0.1, -0.05) is 98.5 Å². The quantitative estimate of drug-likeness (QED) is 0.364. The minimum atomic E-state index is 0.661. The van der Waals surface area contributed by atoms with Gasteiger partial charge in [-0.05, 0) is 56.1 Å². The lowest BCUT2D eigenvalue weighted by atomic mass is 10.3. The molecule has 2 unspecified atom stereocenters. The van der Waals surface area contributed by atoms with Crippen molar-refractivity contribution in [3.05, 3.63) is 97.1 Å².